The van der Waals surface area contributed by atoms with Gasteiger partial charge in [-0.1, -0.05) is 39.0 Å². The van der Waals surface area contributed by atoms with Crippen molar-refractivity contribution in [2.75, 3.05) is 32.7 Å². The molecule has 0 spiro atoms. The van der Waals surface area contributed by atoms with E-state index in [4.69, 9.17) is 4.74 Å². The van der Waals surface area contributed by atoms with Crippen molar-refractivity contribution in [2.24, 2.45) is 0 Å². The zero-order valence-corrected chi connectivity index (χ0v) is 14.7. The molecule has 0 saturated carbocycles. The first kappa shape index (κ1) is 17.6. The lowest BCUT2D eigenvalue weighted by atomic mass is 10.0. The molecule has 1 unspecified atom stereocenters. The van der Waals surface area contributed by atoms with E-state index < -0.39 is 0 Å². The molecule has 1 saturated heterocycles. The Morgan fingerprint density at radius 1 is 1.17 bits per heavy atom. The van der Waals surface area contributed by atoms with Gasteiger partial charge in [-0.05, 0) is 31.0 Å². The van der Waals surface area contributed by atoms with Gasteiger partial charge < -0.3 is 19.9 Å². The molecule has 5 nitrogen and oxygen atoms in total. The molecular formula is C18H29N3O2. The number of para-hydroxylation sites is 1. The van der Waals surface area contributed by atoms with Crippen molar-refractivity contribution >= 4 is 6.03 Å². The average Bonchev–Trinajstić information content (AvgIpc) is 2.55. The molecule has 2 amide bonds. The Labute approximate surface area is 139 Å². The van der Waals surface area contributed by atoms with Crippen molar-refractivity contribution in [1.82, 2.24) is 15.1 Å². The van der Waals surface area contributed by atoms with Crippen LogP contribution in [0.3, 0.4) is 0 Å². The minimum Gasteiger partial charge on any atom is -0.471 e. The van der Waals surface area contributed by atoms with Crippen molar-refractivity contribution in [3.8, 4) is 5.75 Å². The first-order chi connectivity index (χ1) is 11.0. The van der Waals surface area contributed by atoms with Crippen molar-refractivity contribution in [2.45, 2.75) is 39.8 Å². The zero-order chi connectivity index (χ0) is 16.8. The molecule has 1 heterocycles. The summed E-state index contributed by atoms with van der Waals surface area (Å²) in [6, 6.07) is 7.95. The Hall–Kier alpha value is -1.75. The van der Waals surface area contributed by atoms with Crippen LogP contribution in [0.2, 0.25) is 0 Å². The fraction of sp³-hybridized carbons (Fsp3) is 0.611. The minimum absolute atomic E-state index is 0.0460. The highest BCUT2D eigenvalue weighted by Crippen LogP contribution is 2.26. The van der Waals surface area contributed by atoms with E-state index in [9.17, 15) is 4.79 Å². The maximum Gasteiger partial charge on any atom is 0.320 e. The van der Waals surface area contributed by atoms with Crippen LogP contribution in [-0.4, -0.2) is 54.8 Å². The van der Waals surface area contributed by atoms with Crippen LogP contribution in [0, 0.1) is 0 Å². The molecule has 1 atom stereocenters. The number of likely N-dealkylation sites (N-methyl/N-ethyl adjacent to an activating group) is 1. The van der Waals surface area contributed by atoms with E-state index >= 15 is 0 Å². The summed E-state index contributed by atoms with van der Waals surface area (Å²) in [6.07, 6.45) is -0.355. The molecule has 2 rings (SSSR count). The number of amides is 2. The molecule has 1 aliphatic heterocycles. The largest absolute Gasteiger partial charge is 0.471 e. The van der Waals surface area contributed by atoms with Gasteiger partial charge in [0.2, 0.25) is 0 Å². The molecule has 0 bridgehead atoms. The van der Waals surface area contributed by atoms with Gasteiger partial charge in [0.25, 0.3) is 0 Å². The number of ether oxygens (including phenoxy) is 1. The summed E-state index contributed by atoms with van der Waals surface area (Å²) in [6.45, 7) is 12.8. The zero-order valence-electron chi connectivity index (χ0n) is 14.7. The summed E-state index contributed by atoms with van der Waals surface area (Å²) in [5, 5.41) is 2.94. The van der Waals surface area contributed by atoms with Crippen molar-refractivity contribution in [1.29, 1.82) is 0 Å². The fourth-order valence-corrected chi connectivity index (χ4v) is 2.82. The van der Waals surface area contributed by atoms with Crippen molar-refractivity contribution in [3.63, 3.8) is 0 Å². The number of carbonyl (C=O) groups excluding carboxylic acids is 1. The Kier molecular flexibility index (Phi) is 6.28. The van der Waals surface area contributed by atoms with Crippen LogP contribution in [-0.2, 0) is 0 Å². The summed E-state index contributed by atoms with van der Waals surface area (Å²) >= 11 is 0. The van der Waals surface area contributed by atoms with E-state index in [1.54, 1.807) is 0 Å². The standard InChI is InChI=1S/C18H29N3O2/c1-5-20-10-12-21(13-11-20)18(22)19-15(4)23-17-9-7-6-8-16(17)14(2)3/h6-9,14-15H,5,10-13H2,1-4H3,(H,19,22). The molecule has 1 fully saturated rings. The van der Waals surface area contributed by atoms with Gasteiger partial charge >= 0.3 is 6.03 Å². The number of benzene rings is 1. The Bertz CT molecular complexity index is 511. The molecular weight excluding hydrogens is 290 g/mol. The summed E-state index contributed by atoms with van der Waals surface area (Å²) < 4.78 is 5.94. The highest BCUT2D eigenvalue weighted by atomic mass is 16.5. The minimum atomic E-state index is -0.355. The molecule has 1 aliphatic rings. The van der Waals surface area contributed by atoms with Crippen LogP contribution < -0.4 is 10.1 Å². The first-order valence-electron chi connectivity index (χ1n) is 8.54. The highest BCUT2D eigenvalue weighted by molar-refractivity contribution is 5.74. The molecule has 23 heavy (non-hydrogen) atoms. The predicted octanol–water partition coefficient (Wildman–Crippen LogP) is 2.88. The van der Waals surface area contributed by atoms with Crippen LogP contribution in [0.25, 0.3) is 0 Å². The number of hydrogen-bond acceptors (Lipinski definition) is 3. The second-order valence-corrected chi connectivity index (χ2v) is 6.32. The summed E-state index contributed by atoms with van der Waals surface area (Å²) in [7, 11) is 0. The van der Waals surface area contributed by atoms with Gasteiger partial charge in [-0.15, -0.1) is 0 Å². The number of carbonyl (C=O) groups is 1. The summed E-state index contributed by atoms with van der Waals surface area (Å²) in [5.41, 5.74) is 1.16. The highest BCUT2D eigenvalue weighted by Gasteiger charge is 2.21. The Morgan fingerprint density at radius 3 is 2.43 bits per heavy atom. The third-order valence-corrected chi connectivity index (χ3v) is 4.28. The van der Waals surface area contributed by atoms with Gasteiger partial charge in [0.05, 0.1) is 0 Å². The van der Waals surface area contributed by atoms with E-state index in [1.165, 1.54) is 0 Å². The van der Waals surface area contributed by atoms with Gasteiger partial charge in [-0.3, -0.25) is 0 Å². The van der Waals surface area contributed by atoms with Crippen LogP contribution in [0.1, 0.15) is 39.2 Å². The normalized spacial score (nSPS) is 17.2. The number of nitrogens with one attached hydrogen (secondary N) is 1. The predicted molar refractivity (Wildman–Crippen MR) is 92.8 cm³/mol. The average molecular weight is 319 g/mol. The number of hydrogen-bond donors (Lipinski definition) is 1. The molecule has 0 aliphatic carbocycles. The number of rotatable bonds is 5. The third kappa shape index (κ3) is 4.86. The monoisotopic (exact) mass is 319 g/mol. The van der Waals surface area contributed by atoms with Gasteiger partial charge in [-0.2, -0.15) is 0 Å². The van der Waals surface area contributed by atoms with Crippen molar-refractivity contribution in [3.05, 3.63) is 29.8 Å². The van der Waals surface area contributed by atoms with Crippen LogP contribution >= 0.6 is 0 Å². The second-order valence-electron chi connectivity index (χ2n) is 6.32. The molecule has 5 heteroatoms. The first-order valence-corrected chi connectivity index (χ1v) is 8.54. The number of urea groups is 1. The van der Waals surface area contributed by atoms with E-state index in [-0.39, 0.29) is 12.3 Å². The van der Waals surface area contributed by atoms with E-state index in [1.807, 2.05) is 30.0 Å². The molecule has 128 valence electrons. The second kappa shape index (κ2) is 8.20. The number of piperazine rings is 1. The molecule has 1 aromatic carbocycles. The summed E-state index contributed by atoms with van der Waals surface area (Å²) in [5.74, 6) is 1.22. The van der Waals surface area contributed by atoms with Gasteiger partial charge in [0.15, 0.2) is 6.23 Å². The lowest BCUT2D eigenvalue weighted by Crippen LogP contribution is -2.53. The molecule has 0 radical (unpaired) electrons. The maximum absolute atomic E-state index is 12.3. The lowest BCUT2D eigenvalue weighted by molar-refractivity contribution is 0.123. The molecule has 1 N–H and O–H groups in total. The topological polar surface area (TPSA) is 44.8 Å². The van der Waals surface area contributed by atoms with E-state index in [2.05, 4.69) is 37.1 Å². The molecule has 0 aromatic heterocycles. The quantitative estimate of drug-likeness (QED) is 0.849. The maximum atomic E-state index is 12.3. The SMILES string of the molecule is CCN1CCN(C(=O)NC(C)Oc2ccccc2C(C)C)CC1. The van der Waals surface area contributed by atoms with E-state index in [0.717, 1.165) is 44.0 Å². The van der Waals surface area contributed by atoms with Gasteiger partial charge in [0, 0.05) is 26.2 Å². The van der Waals surface area contributed by atoms with Crippen molar-refractivity contribution < 1.29 is 9.53 Å². The number of nitrogens with zero attached hydrogens (tertiary/aromatic N) is 2. The lowest BCUT2D eigenvalue weighted by Gasteiger charge is -2.34. The fourth-order valence-electron chi connectivity index (χ4n) is 2.82. The van der Waals surface area contributed by atoms with Gasteiger partial charge in [-0.25, -0.2) is 4.79 Å². The molecule has 1 aromatic rings. The van der Waals surface area contributed by atoms with Crippen LogP contribution in [0.15, 0.2) is 24.3 Å². The van der Waals surface area contributed by atoms with Crippen LogP contribution in [0.4, 0.5) is 4.79 Å². The smallest absolute Gasteiger partial charge is 0.320 e. The van der Waals surface area contributed by atoms with Gasteiger partial charge in [0.1, 0.15) is 5.75 Å². The van der Waals surface area contributed by atoms with Crippen LogP contribution in [0.5, 0.6) is 5.75 Å². The Morgan fingerprint density at radius 2 is 1.83 bits per heavy atom. The third-order valence-electron chi connectivity index (χ3n) is 4.28. The Balaban J connectivity index is 1.87. The summed E-state index contributed by atoms with van der Waals surface area (Å²) in [4.78, 5) is 16.5. The van der Waals surface area contributed by atoms with E-state index in [0.29, 0.717) is 5.92 Å².